The first kappa shape index (κ1) is 38.5. The van der Waals surface area contributed by atoms with Crippen molar-refractivity contribution in [1.29, 1.82) is 0 Å². The summed E-state index contributed by atoms with van der Waals surface area (Å²) in [7, 11) is 0. The molecule has 1 aliphatic heterocycles. The molecular formula is C26H49N5O12. The Balaban J connectivity index is 2.45. The van der Waals surface area contributed by atoms with Crippen LogP contribution in [0.3, 0.4) is 0 Å². The van der Waals surface area contributed by atoms with E-state index < -0.39 is 17.9 Å². The summed E-state index contributed by atoms with van der Waals surface area (Å²) in [6, 6.07) is 0. The van der Waals surface area contributed by atoms with Gasteiger partial charge < -0.3 is 44.7 Å². The van der Waals surface area contributed by atoms with Crippen molar-refractivity contribution in [1.82, 2.24) is 24.9 Å². The quantitative estimate of drug-likeness (QED) is 0.0745. The van der Waals surface area contributed by atoms with Gasteiger partial charge in [0.05, 0.1) is 85.6 Å². The predicted octanol–water partition coefficient (Wildman–Crippen LogP) is -3.36. The van der Waals surface area contributed by atoms with E-state index in [0.717, 1.165) is 0 Å². The maximum Gasteiger partial charge on any atom is 0.317 e. The molecule has 0 aromatic rings. The van der Waals surface area contributed by atoms with Crippen LogP contribution in [0.2, 0.25) is 0 Å². The number of nitrogens with zero attached hydrogens (tertiary/aromatic N) is 4. The maximum absolute atomic E-state index is 12.6. The third-order valence-corrected chi connectivity index (χ3v) is 6.29. The first-order chi connectivity index (χ1) is 20.7. The highest BCUT2D eigenvalue weighted by Crippen LogP contribution is 2.01. The van der Waals surface area contributed by atoms with Crippen molar-refractivity contribution in [3.8, 4) is 0 Å². The highest BCUT2D eigenvalue weighted by atomic mass is 16.6. The van der Waals surface area contributed by atoms with Crippen molar-refractivity contribution in [3.05, 3.63) is 0 Å². The Hall–Kier alpha value is -2.48. The zero-order valence-corrected chi connectivity index (χ0v) is 24.9. The van der Waals surface area contributed by atoms with Gasteiger partial charge in [0.1, 0.15) is 0 Å². The Morgan fingerprint density at radius 2 is 0.791 bits per heavy atom. The van der Waals surface area contributed by atoms with Gasteiger partial charge in [-0.2, -0.15) is 0 Å². The number of aliphatic carboxylic acids is 3. The van der Waals surface area contributed by atoms with E-state index in [1.165, 1.54) is 0 Å². The minimum absolute atomic E-state index is 0.0195. The van der Waals surface area contributed by atoms with Crippen LogP contribution < -0.4 is 5.32 Å². The normalized spacial score (nSPS) is 16.8. The van der Waals surface area contributed by atoms with Crippen molar-refractivity contribution in [2.24, 2.45) is 0 Å². The molecule has 1 amide bonds. The zero-order valence-electron chi connectivity index (χ0n) is 24.9. The lowest BCUT2D eigenvalue weighted by atomic mass is 10.3. The summed E-state index contributed by atoms with van der Waals surface area (Å²) in [5.41, 5.74) is 0. The second-order valence-electron chi connectivity index (χ2n) is 9.81. The number of aliphatic hydroxyl groups is 1. The summed E-state index contributed by atoms with van der Waals surface area (Å²) in [6.45, 7) is 5.25. The standard InChI is InChI=1S/C26H49N5O12/c32-10-12-41-14-16-43-18-17-42-15-13-40-11-1-27-23(33)19-28-2-4-29(20-24(34)35)6-8-31(22-26(38)39)9-7-30(5-3-28)21-25(36)37/h32H,1-22H2,(H,27,33)(H,34,35)(H,36,37)(H,38,39). The van der Waals surface area contributed by atoms with E-state index in [-0.39, 0.29) is 45.3 Å². The van der Waals surface area contributed by atoms with Crippen molar-refractivity contribution in [2.75, 3.05) is 145 Å². The second kappa shape index (κ2) is 24.9. The fraction of sp³-hybridized carbons (Fsp3) is 0.846. The Morgan fingerprint density at radius 3 is 1.12 bits per heavy atom. The zero-order chi connectivity index (χ0) is 31.7. The minimum Gasteiger partial charge on any atom is -0.480 e. The monoisotopic (exact) mass is 623 g/mol. The number of rotatable bonds is 22. The SMILES string of the molecule is O=C(O)CN1CCN(CC(=O)O)CCN(CC(=O)NCCOCCOCCOCCOCCO)CCN(CC(=O)O)CC1. The number of amides is 1. The fourth-order valence-corrected chi connectivity index (χ4v) is 4.13. The molecule has 1 fully saturated rings. The molecule has 0 saturated carbocycles. The summed E-state index contributed by atoms with van der Waals surface area (Å²) in [4.78, 5) is 53.6. The molecule has 1 heterocycles. The van der Waals surface area contributed by atoms with Crippen LogP contribution in [-0.4, -0.2) is 208 Å². The topological polar surface area (TPSA) is 211 Å². The number of carboxylic acids is 3. The Bertz CT molecular complexity index is 762. The number of carbonyl (C=O) groups is 4. The molecule has 17 heteroatoms. The third kappa shape index (κ3) is 22.7. The highest BCUT2D eigenvalue weighted by Gasteiger charge is 2.21. The molecule has 1 aliphatic rings. The van der Waals surface area contributed by atoms with Crippen molar-refractivity contribution in [2.45, 2.75) is 0 Å². The number of aliphatic hydroxyl groups excluding tert-OH is 1. The van der Waals surface area contributed by atoms with E-state index in [1.54, 1.807) is 14.7 Å². The van der Waals surface area contributed by atoms with Gasteiger partial charge in [-0.25, -0.2) is 0 Å². The van der Waals surface area contributed by atoms with Crippen molar-refractivity contribution in [3.63, 3.8) is 0 Å². The second-order valence-corrected chi connectivity index (χ2v) is 9.81. The van der Waals surface area contributed by atoms with Gasteiger partial charge in [0, 0.05) is 58.9 Å². The van der Waals surface area contributed by atoms with Gasteiger partial charge in [-0.15, -0.1) is 0 Å². The Kier molecular flexibility index (Phi) is 22.3. The molecule has 1 rings (SSSR count). The first-order valence-electron chi connectivity index (χ1n) is 14.4. The largest absolute Gasteiger partial charge is 0.480 e. The van der Waals surface area contributed by atoms with E-state index in [0.29, 0.717) is 105 Å². The van der Waals surface area contributed by atoms with Crippen molar-refractivity contribution >= 4 is 23.8 Å². The van der Waals surface area contributed by atoms with E-state index in [2.05, 4.69) is 5.32 Å². The number of nitrogens with one attached hydrogen (secondary N) is 1. The molecule has 0 atom stereocenters. The van der Waals surface area contributed by atoms with E-state index in [1.807, 2.05) is 4.90 Å². The summed E-state index contributed by atoms with van der Waals surface area (Å²) in [5, 5.41) is 39.3. The lowest BCUT2D eigenvalue weighted by Crippen LogP contribution is -2.50. The Morgan fingerprint density at radius 1 is 0.488 bits per heavy atom. The van der Waals surface area contributed by atoms with Crippen LogP contribution in [-0.2, 0) is 38.1 Å². The molecule has 0 bridgehead atoms. The number of ether oxygens (including phenoxy) is 4. The van der Waals surface area contributed by atoms with Crippen LogP contribution in [0.5, 0.6) is 0 Å². The molecule has 0 aromatic heterocycles. The van der Waals surface area contributed by atoms with E-state index in [9.17, 15) is 34.5 Å². The third-order valence-electron chi connectivity index (χ3n) is 6.29. The van der Waals surface area contributed by atoms with E-state index >= 15 is 0 Å². The van der Waals surface area contributed by atoms with Crippen LogP contribution >= 0.6 is 0 Å². The highest BCUT2D eigenvalue weighted by molar-refractivity contribution is 5.78. The van der Waals surface area contributed by atoms with Crippen molar-refractivity contribution < 1.29 is 58.6 Å². The maximum atomic E-state index is 12.6. The number of carbonyl (C=O) groups excluding carboxylic acids is 1. The molecule has 250 valence electrons. The average molecular weight is 624 g/mol. The Labute approximate surface area is 252 Å². The van der Waals surface area contributed by atoms with Gasteiger partial charge >= 0.3 is 17.9 Å². The molecule has 0 radical (unpaired) electrons. The molecule has 43 heavy (non-hydrogen) atoms. The summed E-state index contributed by atoms with van der Waals surface area (Å²) < 4.78 is 21.3. The van der Waals surface area contributed by atoms with Gasteiger partial charge in [-0.3, -0.25) is 38.8 Å². The first-order valence-corrected chi connectivity index (χ1v) is 14.4. The smallest absolute Gasteiger partial charge is 0.317 e. The summed E-state index contributed by atoms with van der Waals surface area (Å²) in [6.07, 6.45) is 0. The molecule has 0 unspecified atom stereocenters. The molecule has 5 N–H and O–H groups in total. The van der Waals surface area contributed by atoms with Gasteiger partial charge in [0.25, 0.3) is 0 Å². The van der Waals surface area contributed by atoms with Gasteiger partial charge in [-0.1, -0.05) is 0 Å². The average Bonchev–Trinajstić information content (AvgIpc) is 2.93. The summed E-state index contributed by atoms with van der Waals surface area (Å²) in [5.74, 6) is -3.27. The summed E-state index contributed by atoms with van der Waals surface area (Å²) >= 11 is 0. The van der Waals surface area contributed by atoms with Crippen LogP contribution in [0.1, 0.15) is 0 Å². The van der Waals surface area contributed by atoms with Crippen LogP contribution in [0, 0.1) is 0 Å². The van der Waals surface area contributed by atoms with Gasteiger partial charge in [0.2, 0.25) is 5.91 Å². The van der Waals surface area contributed by atoms with Crippen LogP contribution in [0.4, 0.5) is 0 Å². The van der Waals surface area contributed by atoms with Gasteiger partial charge in [-0.05, 0) is 0 Å². The number of hydrogen-bond donors (Lipinski definition) is 5. The molecule has 17 nitrogen and oxygen atoms in total. The number of carboxylic acid groups (broad SMARTS) is 3. The van der Waals surface area contributed by atoms with Gasteiger partial charge in [0.15, 0.2) is 0 Å². The lowest BCUT2D eigenvalue weighted by molar-refractivity contribution is -0.140. The lowest BCUT2D eigenvalue weighted by Gasteiger charge is -2.32. The molecule has 0 aromatic carbocycles. The van der Waals surface area contributed by atoms with Crippen LogP contribution in [0.15, 0.2) is 0 Å². The minimum atomic E-state index is -1.02. The van der Waals surface area contributed by atoms with Crippen LogP contribution in [0.25, 0.3) is 0 Å². The van der Waals surface area contributed by atoms with E-state index in [4.69, 9.17) is 24.1 Å². The predicted molar refractivity (Wildman–Crippen MR) is 152 cm³/mol. The molecule has 0 aliphatic carbocycles. The number of hydrogen-bond acceptors (Lipinski definition) is 13. The molecule has 0 spiro atoms. The molecule has 1 saturated heterocycles. The fourth-order valence-electron chi connectivity index (χ4n) is 4.13. The molecular weight excluding hydrogens is 574 g/mol.